The normalized spacial score (nSPS) is 11.2. The van der Waals surface area contributed by atoms with E-state index in [1.807, 2.05) is 35.0 Å². The van der Waals surface area contributed by atoms with Crippen molar-refractivity contribution in [1.29, 1.82) is 0 Å². The first-order chi connectivity index (χ1) is 9.72. The molecule has 6 heteroatoms. The van der Waals surface area contributed by atoms with Crippen LogP contribution in [0.25, 0.3) is 11.0 Å². The highest BCUT2D eigenvalue weighted by Crippen LogP contribution is 2.13. The lowest BCUT2D eigenvalue weighted by atomic mass is 10.3. The largest absolute Gasteiger partial charge is 0.307 e. The Labute approximate surface area is 119 Å². The molecule has 0 aliphatic carbocycles. The number of hydrogen-bond donors (Lipinski definition) is 1. The summed E-state index contributed by atoms with van der Waals surface area (Å²) in [5, 5.41) is 4.68. The van der Waals surface area contributed by atoms with Crippen molar-refractivity contribution in [1.82, 2.24) is 14.4 Å². The second-order valence-corrected chi connectivity index (χ2v) is 5.15. The number of aromatic nitrogens is 3. The molecule has 0 saturated heterocycles. The lowest BCUT2D eigenvalue weighted by Crippen LogP contribution is -2.09. The number of rotatable bonds is 3. The molecule has 20 heavy (non-hydrogen) atoms. The number of nitrogens with zero attached hydrogens (tertiary/aromatic N) is 3. The van der Waals surface area contributed by atoms with Crippen molar-refractivity contribution >= 4 is 34.1 Å². The third-order valence-corrected chi connectivity index (χ3v) is 3.52. The maximum atomic E-state index is 11.8. The van der Waals surface area contributed by atoms with Crippen LogP contribution in [0.4, 0.5) is 5.82 Å². The van der Waals surface area contributed by atoms with Crippen molar-refractivity contribution in [2.75, 3.05) is 5.32 Å². The molecule has 100 valence electrons. The number of pyridine rings is 1. The van der Waals surface area contributed by atoms with Crippen LogP contribution in [0.15, 0.2) is 42.2 Å². The Bertz CT molecular complexity index is 787. The summed E-state index contributed by atoms with van der Waals surface area (Å²) >= 11 is 1.55. The van der Waals surface area contributed by atoms with Crippen LogP contribution in [-0.4, -0.2) is 20.3 Å². The number of carbonyl (C=O) groups excluding carboxylic acids is 1. The van der Waals surface area contributed by atoms with Crippen LogP contribution in [0.3, 0.4) is 0 Å². The smallest absolute Gasteiger partial charge is 0.249 e. The van der Waals surface area contributed by atoms with Crippen LogP contribution in [-0.2, 0) is 4.79 Å². The summed E-state index contributed by atoms with van der Waals surface area (Å²) in [6, 6.07) is 3.70. The molecule has 5 nitrogen and oxygen atoms in total. The molecule has 3 aromatic rings. The van der Waals surface area contributed by atoms with Crippen LogP contribution in [0.1, 0.15) is 11.3 Å². The Kier molecular flexibility index (Phi) is 3.30. The van der Waals surface area contributed by atoms with Gasteiger partial charge in [-0.15, -0.1) is 11.3 Å². The Morgan fingerprint density at radius 2 is 2.35 bits per heavy atom. The van der Waals surface area contributed by atoms with Gasteiger partial charge in [0.1, 0.15) is 5.82 Å². The second-order valence-electron chi connectivity index (χ2n) is 4.28. The van der Waals surface area contributed by atoms with E-state index in [0.717, 1.165) is 16.2 Å². The zero-order valence-corrected chi connectivity index (χ0v) is 11.6. The SMILES string of the molecule is Cc1ccnc(NC(=O)/C=C/c2cnc3sccn23)c1. The van der Waals surface area contributed by atoms with Crippen molar-refractivity contribution in [3.63, 3.8) is 0 Å². The minimum atomic E-state index is -0.215. The molecule has 1 N–H and O–H groups in total. The predicted octanol–water partition coefficient (Wildman–Crippen LogP) is 2.75. The topological polar surface area (TPSA) is 59.3 Å². The van der Waals surface area contributed by atoms with Crippen molar-refractivity contribution in [3.8, 4) is 0 Å². The number of amides is 1. The van der Waals surface area contributed by atoms with Gasteiger partial charge in [0.25, 0.3) is 0 Å². The molecule has 0 bridgehead atoms. The van der Waals surface area contributed by atoms with Gasteiger partial charge in [-0.05, 0) is 30.7 Å². The van der Waals surface area contributed by atoms with E-state index in [4.69, 9.17) is 0 Å². The highest BCUT2D eigenvalue weighted by Gasteiger charge is 2.02. The first kappa shape index (κ1) is 12.6. The van der Waals surface area contributed by atoms with Gasteiger partial charge in [0.05, 0.1) is 11.9 Å². The monoisotopic (exact) mass is 284 g/mol. The van der Waals surface area contributed by atoms with Crippen molar-refractivity contribution < 1.29 is 4.79 Å². The molecule has 3 rings (SSSR count). The lowest BCUT2D eigenvalue weighted by molar-refractivity contribution is -0.111. The minimum Gasteiger partial charge on any atom is -0.307 e. The number of imidazole rings is 1. The zero-order chi connectivity index (χ0) is 13.9. The summed E-state index contributed by atoms with van der Waals surface area (Å²) in [6.45, 7) is 1.95. The molecule has 0 aromatic carbocycles. The number of fused-ring (bicyclic) bond motifs is 1. The molecule has 0 unspecified atom stereocenters. The Morgan fingerprint density at radius 3 is 3.20 bits per heavy atom. The molecule has 0 aliphatic heterocycles. The van der Waals surface area contributed by atoms with E-state index in [-0.39, 0.29) is 5.91 Å². The van der Waals surface area contributed by atoms with Crippen LogP contribution < -0.4 is 5.32 Å². The van der Waals surface area contributed by atoms with Gasteiger partial charge in [-0.1, -0.05) is 0 Å². The van der Waals surface area contributed by atoms with Gasteiger partial charge in [0.15, 0.2) is 4.96 Å². The van der Waals surface area contributed by atoms with E-state index in [1.165, 1.54) is 6.08 Å². The minimum absolute atomic E-state index is 0.215. The molecule has 1 amide bonds. The molecule has 3 heterocycles. The van der Waals surface area contributed by atoms with Gasteiger partial charge in [-0.3, -0.25) is 9.20 Å². The Morgan fingerprint density at radius 1 is 1.45 bits per heavy atom. The van der Waals surface area contributed by atoms with Gasteiger partial charge >= 0.3 is 0 Å². The number of thiazole rings is 1. The fourth-order valence-corrected chi connectivity index (χ4v) is 2.50. The first-order valence-corrected chi connectivity index (χ1v) is 6.92. The summed E-state index contributed by atoms with van der Waals surface area (Å²) in [7, 11) is 0. The van der Waals surface area contributed by atoms with Gasteiger partial charge in [-0.2, -0.15) is 0 Å². The number of aryl methyl sites for hydroxylation is 1. The molecule has 0 spiro atoms. The molecule has 0 saturated carbocycles. The second kappa shape index (κ2) is 5.26. The van der Waals surface area contributed by atoms with E-state index >= 15 is 0 Å². The highest BCUT2D eigenvalue weighted by molar-refractivity contribution is 7.15. The number of carbonyl (C=O) groups is 1. The van der Waals surface area contributed by atoms with Crippen LogP contribution >= 0.6 is 11.3 Å². The van der Waals surface area contributed by atoms with Crippen molar-refractivity contribution in [3.05, 3.63) is 53.4 Å². The average molecular weight is 284 g/mol. The number of anilines is 1. The Hall–Kier alpha value is -2.47. The van der Waals surface area contributed by atoms with Crippen LogP contribution in [0, 0.1) is 6.92 Å². The Balaban J connectivity index is 1.73. The predicted molar refractivity (Wildman–Crippen MR) is 79.7 cm³/mol. The van der Waals surface area contributed by atoms with Gasteiger partial charge in [0, 0.05) is 23.8 Å². The molecular weight excluding hydrogens is 272 g/mol. The van der Waals surface area contributed by atoms with Gasteiger partial charge < -0.3 is 5.32 Å². The molecule has 3 aromatic heterocycles. The quantitative estimate of drug-likeness (QED) is 0.752. The summed E-state index contributed by atoms with van der Waals surface area (Å²) in [5.41, 5.74) is 1.92. The summed E-state index contributed by atoms with van der Waals surface area (Å²) in [6.07, 6.45) is 8.54. The first-order valence-electron chi connectivity index (χ1n) is 6.05. The van der Waals surface area contributed by atoms with E-state index < -0.39 is 0 Å². The third kappa shape index (κ3) is 2.60. The number of nitrogens with one attached hydrogen (secondary N) is 1. The fourth-order valence-electron chi connectivity index (χ4n) is 1.80. The average Bonchev–Trinajstić information content (AvgIpc) is 2.99. The maximum absolute atomic E-state index is 11.8. The van der Waals surface area contributed by atoms with Crippen LogP contribution in [0.2, 0.25) is 0 Å². The molecule has 0 fully saturated rings. The molecule has 0 radical (unpaired) electrons. The summed E-state index contributed by atoms with van der Waals surface area (Å²) in [4.78, 5) is 21.1. The zero-order valence-electron chi connectivity index (χ0n) is 10.8. The highest BCUT2D eigenvalue weighted by atomic mass is 32.1. The van der Waals surface area contributed by atoms with E-state index in [9.17, 15) is 4.79 Å². The van der Waals surface area contributed by atoms with E-state index in [0.29, 0.717) is 5.82 Å². The fraction of sp³-hybridized carbons (Fsp3) is 0.0714. The summed E-state index contributed by atoms with van der Waals surface area (Å²) in [5.74, 6) is 0.335. The lowest BCUT2D eigenvalue weighted by Gasteiger charge is -2.01. The standard InChI is InChI=1S/C14H12N4OS/c1-10-4-5-15-12(8-10)17-13(19)3-2-11-9-16-14-18(11)6-7-20-14/h2-9H,1H3,(H,15,17,19)/b3-2+. The van der Waals surface area contributed by atoms with Crippen molar-refractivity contribution in [2.45, 2.75) is 6.92 Å². The van der Waals surface area contributed by atoms with Gasteiger partial charge in [-0.25, -0.2) is 9.97 Å². The maximum Gasteiger partial charge on any atom is 0.249 e. The third-order valence-electron chi connectivity index (χ3n) is 2.75. The van der Waals surface area contributed by atoms with Crippen LogP contribution in [0.5, 0.6) is 0 Å². The molecular formula is C14H12N4OS. The number of hydrogen-bond acceptors (Lipinski definition) is 4. The molecule has 0 aliphatic rings. The molecule has 0 atom stereocenters. The van der Waals surface area contributed by atoms with Crippen molar-refractivity contribution in [2.24, 2.45) is 0 Å². The van der Waals surface area contributed by atoms with E-state index in [2.05, 4.69) is 15.3 Å². The van der Waals surface area contributed by atoms with E-state index in [1.54, 1.807) is 29.8 Å². The van der Waals surface area contributed by atoms with Gasteiger partial charge in [0.2, 0.25) is 5.91 Å². The summed E-state index contributed by atoms with van der Waals surface area (Å²) < 4.78 is 1.93.